The van der Waals surface area contributed by atoms with Gasteiger partial charge in [0.2, 0.25) is 15.9 Å². The van der Waals surface area contributed by atoms with Crippen molar-refractivity contribution in [3.63, 3.8) is 0 Å². The number of sulfonamides is 1. The van der Waals surface area contributed by atoms with Crippen LogP contribution < -0.4 is 10.1 Å². The van der Waals surface area contributed by atoms with Gasteiger partial charge >= 0.3 is 0 Å². The fourth-order valence-electron chi connectivity index (χ4n) is 2.18. The number of nitrogens with zero attached hydrogens (tertiary/aromatic N) is 1. The molecule has 6 nitrogen and oxygen atoms in total. The highest BCUT2D eigenvalue weighted by molar-refractivity contribution is 7.88. The molecule has 130 valence electrons. The number of carbonyl (C=O) groups is 1. The fraction of sp³-hybridized carbons (Fsp3) is 0.562. The number of rotatable bonds is 10. The Balaban J connectivity index is 2.64. The Kier molecular flexibility index (Phi) is 8.05. The van der Waals surface area contributed by atoms with Crippen LogP contribution in [0.1, 0.15) is 25.3 Å². The summed E-state index contributed by atoms with van der Waals surface area (Å²) in [7, 11) is -1.77. The van der Waals surface area contributed by atoms with E-state index < -0.39 is 10.0 Å². The second-order valence-electron chi connectivity index (χ2n) is 5.32. The fourth-order valence-corrected chi connectivity index (χ4v) is 3.02. The highest BCUT2D eigenvalue weighted by Crippen LogP contribution is 2.18. The van der Waals surface area contributed by atoms with E-state index >= 15 is 0 Å². The van der Waals surface area contributed by atoms with Crippen molar-refractivity contribution in [3.8, 4) is 5.75 Å². The van der Waals surface area contributed by atoms with E-state index in [-0.39, 0.29) is 18.9 Å². The van der Waals surface area contributed by atoms with Crippen LogP contribution in [0, 0.1) is 0 Å². The minimum Gasteiger partial charge on any atom is -0.496 e. The topological polar surface area (TPSA) is 75.7 Å². The predicted molar refractivity (Wildman–Crippen MR) is 91.0 cm³/mol. The summed E-state index contributed by atoms with van der Waals surface area (Å²) in [6, 6.07) is 7.52. The molecule has 0 atom stereocenters. The first-order chi connectivity index (χ1) is 10.9. The molecule has 1 N–H and O–H groups in total. The Morgan fingerprint density at radius 3 is 2.57 bits per heavy atom. The zero-order valence-electron chi connectivity index (χ0n) is 14.0. The standard InChI is InChI=1S/C16H26N2O4S/c1-4-11-17-16(19)10-13-18(23(3,20)21)12-9-14-7-5-6-8-15(14)22-2/h5-8H,4,9-13H2,1-3H3,(H,17,19). The number of hydrogen-bond donors (Lipinski definition) is 1. The van der Waals surface area contributed by atoms with Gasteiger partial charge in [0.05, 0.1) is 13.4 Å². The van der Waals surface area contributed by atoms with E-state index in [4.69, 9.17) is 4.74 Å². The van der Waals surface area contributed by atoms with E-state index in [9.17, 15) is 13.2 Å². The molecular formula is C16H26N2O4S. The molecular weight excluding hydrogens is 316 g/mol. The Labute approximate surface area is 138 Å². The SMILES string of the molecule is CCCNC(=O)CCN(CCc1ccccc1OC)S(C)(=O)=O. The molecule has 1 amide bonds. The van der Waals surface area contributed by atoms with Crippen molar-refractivity contribution in [1.29, 1.82) is 0 Å². The largest absolute Gasteiger partial charge is 0.496 e. The Hall–Kier alpha value is -1.60. The molecule has 0 aliphatic rings. The molecule has 0 fully saturated rings. The van der Waals surface area contributed by atoms with E-state index in [1.807, 2.05) is 31.2 Å². The number of hydrogen-bond acceptors (Lipinski definition) is 4. The third kappa shape index (κ3) is 7.00. The number of methoxy groups -OCH3 is 1. The molecule has 1 aromatic carbocycles. The molecule has 1 aromatic rings. The van der Waals surface area contributed by atoms with Crippen LogP contribution in [-0.4, -0.2) is 51.6 Å². The van der Waals surface area contributed by atoms with Gasteiger partial charge in [-0.25, -0.2) is 12.7 Å². The first-order valence-electron chi connectivity index (χ1n) is 7.72. The van der Waals surface area contributed by atoms with Gasteiger partial charge in [0, 0.05) is 26.1 Å². The van der Waals surface area contributed by atoms with Gasteiger partial charge in [0.15, 0.2) is 0 Å². The average molecular weight is 342 g/mol. The maximum Gasteiger partial charge on any atom is 0.221 e. The zero-order valence-corrected chi connectivity index (χ0v) is 14.9. The Bertz CT molecular complexity index is 602. The van der Waals surface area contributed by atoms with Gasteiger partial charge in [-0.3, -0.25) is 4.79 Å². The highest BCUT2D eigenvalue weighted by atomic mass is 32.2. The second-order valence-corrected chi connectivity index (χ2v) is 7.31. The van der Waals surface area contributed by atoms with Crippen molar-refractivity contribution in [3.05, 3.63) is 29.8 Å². The number of amides is 1. The minimum atomic E-state index is -3.36. The quantitative estimate of drug-likeness (QED) is 0.698. The number of ether oxygens (including phenoxy) is 1. The summed E-state index contributed by atoms with van der Waals surface area (Å²) in [5, 5.41) is 2.75. The highest BCUT2D eigenvalue weighted by Gasteiger charge is 2.18. The monoisotopic (exact) mass is 342 g/mol. The van der Waals surface area contributed by atoms with E-state index in [0.717, 1.165) is 17.7 Å². The summed E-state index contributed by atoms with van der Waals surface area (Å²) in [5.74, 6) is 0.611. The molecule has 0 saturated heterocycles. The van der Waals surface area contributed by atoms with Crippen LogP contribution in [0.3, 0.4) is 0 Å². The van der Waals surface area contributed by atoms with Crippen LogP contribution in [0.2, 0.25) is 0 Å². The predicted octanol–water partition coefficient (Wildman–Crippen LogP) is 1.42. The van der Waals surface area contributed by atoms with Crippen molar-refractivity contribution >= 4 is 15.9 Å². The van der Waals surface area contributed by atoms with E-state index in [2.05, 4.69) is 5.32 Å². The van der Waals surface area contributed by atoms with Crippen LogP contribution in [0.15, 0.2) is 24.3 Å². The normalized spacial score (nSPS) is 11.5. The summed E-state index contributed by atoms with van der Waals surface area (Å²) in [4.78, 5) is 11.7. The summed E-state index contributed by atoms with van der Waals surface area (Å²) in [6.45, 7) is 3.08. The maximum absolute atomic E-state index is 11.9. The first kappa shape index (κ1) is 19.4. The van der Waals surface area contributed by atoms with Gasteiger partial charge in [-0.15, -0.1) is 0 Å². The Morgan fingerprint density at radius 2 is 1.96 bits per heavy atom. The molecule has 0 unspecified atom stereocenters. The molecule has 0 aromatic heterocycles. The van der Waals surface area contributed by atoms with Gasteiger partial charge in [-0.2, -0.15) is 0 Å². The first-order valence-corrected chi connectivity index (χ1v) is 9.57. The smallest absolute Gasteiger partial charge is 0.221 e. The van der Waals surface area contributed by atoms with Crippen LogP contribution in [0.25, 0.3) is 0 Å². The maximum atomic E-state index is 11.9. The third-order valence-electron chi connectivity index (χ3n) is 3.45. The molecule has 23 heavy (non-hydrogen) atoms. The number of carbonyl (C=O) groups excluding carboxylic acids is 1. The molecule has 0 bridgehead atoms. The van der Waals surface area contributed by atoms with E-state index in [1.54, 1.807) is 7.11 Å². The minimum absolute atomic E-state index is 0.127. The van der Waals surface area contributed by atoms with Crippen LogP contribution in [0.4, 0.5) is 0 Å². The van der Waals surface area contributed by atoms with Crippen molar-refractivity contribution in [2.24, 2.45) is 0 Å². The number of nitrogens with one attached hydrogen (secondary N) is 1. The van der Waals surface area contributed by atoms with Gasteiger partial charge < -0.3 is 10.1 Å². The van der Waals surface area contributed by atoms with E-state index in [1.165, 1.54) is 10.6 Å². The average Bonchev–Trinajstić information content (AvgIpc) is 2.51. The van der Waals surface area contributed by atoms with Crippen LogP contribution >= 0.6 is 0 Å². The molecule has 0 saturated carbocycles. The molecule has 0 aliphatic carbocycles. The molecule has 0 radical (unpaired) electrons. The van der Waals surface area contributed by atoms with Gasteiger partial charge in [-0.1, -0.05) is 25.1 Å². The third-order valence-corrected chi connectivity index (χ3v) is 4.76. The van der Waals surface area contributed by atoms with Gasteiger partial charge in [0.1, 0.15) is 5.75 Å². The van der Waals surface area contributed by atoms with Crippen molar-refractivity contribution in [2.45, 2.75) is 26.2 Å². The molecule has 0 spiro atoms. The summed E-state index contributed by atoms with van der Waals surface area (Å²) < 4.78 is 30.4. The van der Waals surface area contributed by atoms with Gasteiger partial charge in [-0.05, 0) is 24.5 Å². The second kappa shape index (κ2) is 9.52. The summed E-state index contributed by atoms with van der Waals surface area (Å²) in [5.41, 5.74) is 0.944. The summed E-state index contributed by atoms with van der Waals surface area (Å²) in [6.07, 6.45) is 2.72. The number of benzene rings is 1. The number of para-hydroxylation sites is 1. The molecule has 0 heterocycles. The van der Waals surface area contributed by atoms with Crippen molar-refractivity contribution < 1.29 is 17.9 Å². The van der Waals surface area contributed by atoms with Crippen LogP contribution in [-0.2, 0) is 21.2 Å². The lowest BCUT2D eigenvalue weighted by molar-refractivity contribution is -0.121. The van der Waals surface area contributed by atoms with Gasteiger partial charge in [0.25, 0.3) is 0 Å². The lowest BCUT2D eigenvalue weighted by Crippen LogP contribution is -2.36. The lowest BCUT2D eigenvalue weighted by Gasteiger charge is -2.20. The molecule has 1 rings (SSSR count). The lowest BCUT2D eigenvalue weighted by atomic mass is 10.1. The zero-order chi connectivity index (χ0) is 17.3. The van der Waals surface area contributed by atoms with E-state index in [0.29, 0.717) is 19.5 Å². The van der Waals surface area contributed by atoms with Crippen molar-refractivity contribution in [1.82, 2.24) is 9.62 Å². The molecule has 0 aliphatic heterocycles. The van der Waals surface area contributed by atoms with Crippen LogP contribution in [0.5, 0.6) is 5.75 Å². The molecule has 7 heteroatoms. The van der Waals surface area contributed by atoms with Crippen molar-refractivity contribution in [2.75, 3.05) is 33.0 Å². The Morgan fingerprint density at radius 1 is 1.26 bits per heavy atom. The summed E-state index contributed by atoms with van der Waals surface area (Å²) >= 11 is 0.